The lowest BCUT2D eigenvalue weighted by molar-refractivity contribution is -0.120. The lowest BCUT2D eigenvalue weighted by atomic mass is 10.1. The third-order valence-corrected chi connectivity index (χ3v) is 2.32. The Morgan fingerprint density at radius 2 is 2.06 bits per heavy atom. The predicted octanol–water partition coefficient (Wildman–Crippen LogP) is 1.86. The average Bonchev–Trinajstić information content (AvgIpc) is 2.23. The van der Waals surface area contributed by atoms with Gasteiger partial charge in [0.1, 0.15) is 6.61 Å². The predicted molar refractivity (Wildman–Crippen MR) is 65.5 cm³/mol. The van der Waals surface area contributed by atoms with E-state index < -0.39 is 0 Å². The first-order valence-corrected chi connectivity index (χ1v) is 5.29. The molecule has 0 unspecified atom stereocenters. The molecule has 88 valence electrons. The first-order chi connectivity index (χ1) is 7.54. The summed E-state index contributed by atoms with van der Waals surface area (Å²) in [6, 6.07) is 3.72. The average molecular weight is 222 g/mol. The number of amides is 1. The monoisotopic (exact) mass is 222 g/mol. The van der Waals surface area contributed by atoms with E-state index in [1.807, 2.05) is 32.9 Å². The topological polar surface area (TPSA) is 64.3 Å². The van der Waals surface area contributed by atoms with Crippen LogP contribution in [-0.4, -0.2) is 19.1 Å². The fourth-order valence-electron chi connectivity index (χ4n) is 1.35. The molecule has 0 fully saturated rings. The largest absolute Gasteiger partial charge is 0.399 e. The first kappa shape index (κ1) is 12.5. The number of benzene rings is 1. The number of nitrogens with one attached hydrogen (secondary N) is 1. The zero-order valence-corrected chi connectivity index (χ0v) is 9.96. The van der Waals surface area contributed by atoms with Gasteiger partial charge < -0.3 is 15.8 Å². The van der Waals surface area contributed by atoms with Crippen molar-refractivity contribution in [3.63, 3.8) is 0 Å². The molecule has 0 spiro atoms. The molecular formula is C12H18N2O2. The number of hydrogen-bond acceptors (Lipinski definition) is 3. The third-order valence-electron chi connectivity index (χ3n) is 2.32. The molecule has 0 aliphatic heterocycles. The summed E-state index contributed by atoms with van der Waals surface area (Å²) in [7, 11) is 0. The van der Waals surface area contributed by atoms with Crippen LogP contribution in [-0.2, 0) is 9.53 Å². The second-order valence-corrected chi connectivity index (χ2v) is 3.71. The van der Waals surface area contributed by atoms with Crippen LogP contribution in [0.2, 0.25) is 0 Å². The number of rotatable bonds is 4. The van der Waals surface area contributed by atoms with Crippen LogP contribution in [0.25, 0.3) is 0 Å². The van der Waals surface area contributed by atoms with Gasteiger partial charge >= 0.3 is 0 Å². The highest BCUT2D eigenvalue weighted by molar-refractivity contribution is 5.92. The fourth-order valence-corrected chi connectivity index (χ4v) is 1.35. The van der Waals surface area contributed by atoms with E-state index in [2.05, 4.69) is 5.32 Å². The van der Waals surface area contributed by atoms with Crippen LogP contribution in [0, 0.1) is 13.8 Å². The molecule has 0 atom stereocenters. The van der Waals surface area contributed by atoms with Crippen LogP contribution in [0.15, 0.2) is 12.1 Å². The van der Waals surface area contributed by atoms with Crippen molar-refractivity contribution < 1.29 is 9.53 Å². The fraction of sp³-hybridized carbons (Fsp3) is 0.417. The van der Waals surface area contributed by atoms with Crippen LogP contribution in [0.3, 0.4) is 0 Å². The zero-order valence-electron chi connectivity index (χ0n) is 9.96. The molecule has 1 aromatic carbocycles. The smallest absolute Gasteiger partial charge is 0.250 e. The van der Waals surface area contributed by atoms with Gasteiger partial charge in [-0.15, -0.1) is 0 Å². The van der Waals surface area contributed by atoms with Crippen molar-refractivity contribution in [1.82, 2.24) is 0 Å². The van der Waals surface area contributed by atoms with Gasteiger partial charge in [0.2, 0.25) is 5.91 Å². The van der Waals surface area contributed by atoms with Gasteiger partial charge in [0, 0.05) is 18.0 Å². The van der Waals surface area contributed by atoms with Gasteiger partial charge in [0.25, 0.3) is 0 Å². The highest BCUT2D eigenvalue weighted by atomic mass is 16.5. The molecule has 1 rings (SSSR count). The summed E-state index contributed by atoms with van der Waals surface area (Å²) in [5.41, 5.74) is 9.20. The van der Waals surface area contributed by atoms with E-state index >= 15 is 0 Å². The van der Waals surface area contributed by atoms with Crippen molar-refractivity contribution in [3.8, 4) is 0 Å². The minimum atomic E-state index is -0.144. The number of hydrogen-bond donors (Lipinski definition) is 2. The molecule has 16 heavy (non-hydrogen) atoms. The lowest BCUT2D eigenvalue weighted by Gasteiger charge is -2.11. The molecule has 0 saturated heterocycles. The van der Waals surface area contributed by atoms with Crippen molar-refractivity contribution in [1.29, 1.82) is 0 Å². The van der Waals surface area contributed by atoms with Crippen molar-refractivity contribution in [2.45, 2.75) is 20.8 Å². The Morgan fingerprint density at radius 1 is 1.38 bits per heavy atom. The van der Waals surface area contributed by atoms with Gasteiger partial charge in [-0.05, 0) is 44.0 Å². The minimum absolute atomic E-state index is 0.0827. The van der Waals surface area contributed by atoms with E-state index in [1.165, 1.54) is 0 Å². The van der Waals surface area contributed by atoms with E-state index in [0.717, 1.165) is 22.5 Å². The summed E-state index contributed by atoms with van der Waals surface area (Å²) < 4.78 is 5.02. The van der Waals surface area contributed by atoms with Crippen molar-refractivity contribution in [3.05, 3.63) is 23.3 Å². The standard InChI is InChI=1S/C12H18N2O2/c1-4-16-7-12(15)14-11-6-8(2)10(13)5-9(11)3/h5-6H,4,7,13H2,1-3H3,(H,14,15). The quantitative estimate of drug-likeness (QED) is 0.764. The second kappa shape index (κ2) is 5.51. The molecule has 0 aromatic heterocycles. The highest BCUT2D eigenvalue weighted by Gasteiger charge is 2.06. The Hall–Kier alpha value is -1.55. The number of nitrogens with two attached hydrogens (primary N) is 1. The third kappa shape index (κ3) is 3.24. The summed E-state index contributed by atoms with van der Waals surface area (Å²) >= 11 is 0. The van der Waals surface area contributed by atoms with Gasteiger partial charge in [-0.25, -0.2) is 0 Å². The number of ether oxygens (including phenoxy) is 1. The molecule has 0 aliphatic rings. The zero-order chi connectivity index (χ0) is 12.1. The van der Waals surface area contributed by atoms with Gasteiger partial charge in [-0.3, -0.25) is 4.79 Å². The van der Waals surface area contributed by atoms with Gasteiger partial charge in [0.05, 0.1) is 0 Å². The maximum Gasteiger partial charge on any atom is 0.250 e. The molecule has 0 bridgehead atoms. The lowest BCUT2D eigenvalue weighted by Crippen LogP contribution is -2.19. The van der Waals surface area contributed by atoms with E-state index in [-0.39, 0.29) is 12.5 Å². The van der Waals surface area contributed by atoms with Gasteiger partial charge in [0.15, 0.2) is 0 Å². The van der Waals surface area contributed by atoms with E-state index in [9.17, 15) is 4.79 Å². The van der Waals surface area contributed by atoms with E-state index in [1.54, 1.807) is 0 Å². The Labute approximate surface area is 95.8 Å². The van der Waals surface area contributed by atoms with E-state index in [0.29, 0.717) is 6.61 Å². The van der Waals surface area contributed by atoms with Crippen molar-refractivity contribution in [2.75, 3.05) is 24.3 Å². The van der Waals surface area contributed by atoms with Crippen LogP contribution in [0.5, 0.6) is 0 Å². The van der Waals surface area contributed by atoms with Crippen molar-refractivity contribution in [2.24, 2.45) is 0 Å². The summed E-state index contributed by atoms with van der Waals surface area (Å²) in [6.45, 7) is 6.29. The first-order valence-electron chi connectivity index (χ1n) is 5.29. The van der Waals surface area contributed by atoms with E-state index in [4.69, 9.17) is 10.5 Å². The number of nitrogen functional groups attached to an aromatic ring is 1. The molecule has 0 aliphatic carbocycles. The highest BCUT2D eigenvalue weighted by Crippen LogP contribution is 2.21. The Bertz CT molecular complexity index is 389. The molecule has 1 amide bonds. The maximum absolute atomic E-state index is 11.5. The number of aryl methyl sites for hydroxylation is 2. The summed E-state index contributed by atoms with van der Waals surface area (Å²) in [5.74, 6) is -0.144. The Balaban J connectivity index is 2.73. The summed E-state index contributed by atoms with van der Waals surface area (Å²) in [6.07, 6.45) is 0. The van der Waals surface area contributed by atoms with Crippen LogP contribution in [0.1, 0.15) is 18.1 Å². The number of carbonyl (C=O) groups is 1. The minimum Gasteiger partial charge on any atom is -0.399 e. The molecule has 4 nitrogen and oxygen atoms in total. The normalized spacial score (nSPS) is 10.2. The number of anilines is 2. The molecule has 3 N–H and O–H groups in total. The molecule has 0 radical (unpaired) electrons. The molecule has 1 aromatic rings. The molecular weight excluding hydrogens is 204 g/mol. The van der Waals surface area contributed by atoms with Gasteiger partial charge in [-0.2, -0.15) is 0 Å². The van der Waals surface area contributed by atoms with Crippen LogP contribution >= 0.6 is 0 Å². The molecule has 0 saturated carbocycles. The molecule has 0 heterocycles. The Morgan fingerprint density at radius 3 is 2.69 bits per heavy atom. The maximum atomic E-state index is 11.5. The Kier molecular flexibility index (Phi) is 4.31. The number of carbonyl (C=O) groups excluding carboxylic acids is 1. The summed E-state index contributed by atoms with van der Waals surface area (Å²) in [4.78, 5) is 11.5. The molecule has 4 heteroatoms. The van der Waals surface area contributed by atoms with Gasteiger partial charge in [-0.1, -0.05) is 0 Å². The summed E-state index contributed by atoms with van der Waals surface area (Å²) in [5, 5.41) is 2.79. The second-order valence-electron chi connectivity index (χ2n) is 3.71. The van der Waals surface area contributed by atoms with Crippen molar-refractivity contribution >= 4 is 17.3 Å². The SMILES string of the molecule is CCOCC(=O)Nc1cc(C)c(N)cc1C. The van der Waals surface area contributed by atoms with Crippen LogP contribution < -0.4 is 11.1 Å². The van der Waals surface area contributed by atoms with Crippen LogP contribution in [0.4, 0.5) is 11.4 Å².